The van der Waals surface area contributed by atoms with Crippen molar-refractivity contribution < 1.29 is 9.47 Å². The van der Waals surface area contributed by atoms with E-state index in [4.69, 9.17) is 9.47 Å². The van der Waals surface area contributed by atoms with Gasteiger partial charge in [-0.3, -0.25) is 0 Å². The molecule has 0 atom stereocenters. The maximum absolute atomic E-state index is 5.51. The zero-order valence-electron chi connectivity index (χ0n) is 8.45. The first-order valence-corrected chi connectivity index (χ1v) is 5.89. The van der Waals surface area contributed by atoms with Gasteiger partial charge in [0.15, 0.2) is 11.5 Å². The molecule has 1 aliphatic carbocycles. The van der Waals surface area contributed by atoms with Gasteiger partial charge in [0.1, 0.15) is 13.2 Å². The normalized spacial score (nSPS) is 23.6. The highest BCUT2D eigenvalue weighted by molar-refractivity contribution is 8.00. The van der Waals surface area contributed by atoms with Crippen LogP contribution in [0.25, 0.3) is 0 Å². The number of hydrogen-bond donors (Lipinski definition) is 0. The minimum atomic E-state index is 0.0457. The van der Waals surface area contributed by atoms with E-state index < -0.39 is 0 Å². The molecule has 0 saturated heterocycles. The quantitative estimate of drug-likeness (QED) is 0.662. The third kappa shape index (κ3) is 1.82. The molecule has 0 bridgehead atoms. The van der Waals surface area contributed by atoms with Crippen molar-refractivity contribution in [1.82, 2.24) is 0 Å². The van der Waals surface area contributed by atoms with Crippen LogP contribution in [-0.2, 0) is 9.47 Å². The summed E-state index contributed by atoms with van der Waals surface area (Å²) in [6.07, 6.45) is 10.4. The number of rotatable bonds is 1. The molecule has 0 saturated carbocycles. The Balaban J connectivity index is 2.29. The average molecular weight is 210 g/mol. The summed E-state index contributed by atoms with van der Waals surface area (Å²) in [5.74, 6) is 1.70. The predicted molar refractivity (Wildman–Crippen MR) is 59.1 cm³/mol. The van der Waals surface area contributed by atoms with Crippen molar-refractivity contribution >= 4 is 11.8 Å². The van der Waals surface area contributed by atoms with E-state index in [1.54, 1.807) is 11.8 Å². The molecule has 3 heteroatoms. The second-order valence-electron chi connectivity index (χ2n) is 3.48. The van der Waals surface area contributed by atoms with E-state index in [-0.39, 0.29) is 4.75 Å². The van der Waals surface area contributed by atoms with E-state index >= 15 is 0 Å². The Morgan fingerprint density at radius 3 is 2.07 bits per heavy atom. The molecule has 0 aromatic rings. The van der Waals surface area contributed by atoms with E-state index in [1.807, 2.05) is 12.2 Å². The van der Waals surface area contributed by atoms with Gasteiger partial charge in [0.2, 0.25) is 0 Å². The molecule has 0 unspecified atom stereocenters. The summed E-state index contributed by atoms with van der Waals surface area (Å²) in [5.41, 5.74) is 0. The molecule has 1 heterocycles. The van der Waals surface area contributed by atoms with Crippen LogP contribution in [-0.4, -0.2) is 24.2 Å². The van der Waals surface area contributed by atoms with Crippen LogP contribution < -0.4 is 0 Å². The lowest BCUT2D eigenvalue weighted by Gasteiger charge is -2.17. The summed E-state index contributed by atoms with van der Waals surface area (Å²) in [5, 5.41) is 0. The Kier molecular flexibility index (Phi) is 2.59. The van der Waals surface area contributed by atoms with Crippen LogP contribution in [0.4, 0.5) is 0 Å². The predicted octanol–water partition coefficient (Wildman–Crippen LogP) is 2.49. The van der Waals surface area contributed by atoms with Crippen molar-refractivity contribution in [3.05, 3.63) is 35.8 Å². The van der Waals surface area contributed by atoms with Crippen LogP contribution in [0, 0.1) is 0 Å². The molecule has 2 nitrogen and oxygen atoms in total. The molecule has 0 aromatic heterocycles. The number of allylic oxidation sites excluding steroid dienone is 2. The molecule has 0 radical (unpaired) electrons. The van der Waals surface area contributed by atoms with Crippen molar-refractivity contribution in [2.75, 3.05) is 19.5 Å². The summed E-state index contributed by atoms with van der Waals surface area (Å²) >= 11 is 1.80. The molecule has 0 amide bonds. The van der Waals surface area contributed by atoms with Gasteiger partial charge in [-0.05, 0) is 25.3 Å². The molecule has 0 spiro atoms. The molecule has 2 aliphatic rings. The Bertz CT molecular complexity index is 289. The van der Waals surface area contributed by atoms with E-state index in [9.17, 15) is 0 Å². The van der Waals surface area contributed by atoms with Gasteiger partial charge in [-0.1, -0.05) is 12.2 Å². The lowest BCUT2D eigenvalue weighted by atomic mass is 10.1. The van der Waals surface area contributed by atoms with E-state index in [2.05, 4.69) is 25.3 Å². The third-order valence-electron chi connectivity index (χ3n) is 2.41. The maximum Gasteiger partial charge on any atom is 0.161 e. The van der Waals surface area contributed by atoms with Gasteiger partial charge in [-0.2, -0.15) is 11.8 Å². The average Bonchev–Trinajstić information content (AvgIpc) is 2.40. The third-order valence-corrected chi connectivity index (χ3v) is 3.56. The van der Waals surface area contributed by atoms with Crippen molar-refractivity contribution in [3.8, 4) is 0 Å². The minimum Gasteiger partial charge on any atom is -0.486 e. The lowest BCUT2D eigenvalue weighted by molar-refractivity contribution is 0.0771. The lowest BCUT2D eigenvalue weighted by Crippen LogP contribution is -2.11. The number of ether oxygens (including phenoxy) is 2. The minimum absolute atomic E-state index is 0.0457. The van der Waals surface area contributed by atoms with Crippen LogP contribution in [0.3, 0.4) is 0 Å². The molecule has 0 N–H and O–H groups in total. The zero-order chi connectivity index (χ0) is 10.0. The number of hydrogen-bond acceptors (Lipinski definition) is 3. The van der Waals surface area contributed by atoms with Crippen LogP contribution in [0.15, 0.2) is 35.8 Å². The molecule has 76 valence electrons. The van der Waals surface area contributed by atoms with Crippen molar-refractivity contribution in [2.45, 2.75) is 11.7 Å². The van der Waals surface area contributed by atoms with E-state index in [0.717, 1.165) is 11.5 Å². The first-order valence-electron chi connectivity index (χ1n) is 4.67. The highest BCUT2D eigenvalue weighted by atomic mass is 32.2. The van der Waals surface area contributed by atoms with Crippen molar-refractivity contribution in [3.63, 3.8) is 0 Å². The summed E-state index contributed by atoms with van der Waals surface area (Å²) in [6.45, 7) is 3.46. The van der Waals surface area contributed by atoms with Gasteiger partial charge < -0.3 is 9.47 Å². The second-order valence-corrected chi connectivity index (χ2v) is 4.77. The van der Waals surface area contributed by atoms with E-state index in [1.165, 1.54) is 0 Å². The fourth-order valence-corrected chi connectivity index (χ4v) is 1.79. The van der Waals surface area contributed by atoms with Gasteiger partial charge in [0.25, 0.3) is 0 Å². The Labute approximate surface area is 88.7 Å². The van der Waals surface area contributed by atoms with E-state index in [0.29, 0.717) is 13.2 Å². The standard InChI is InChI=1S/C11H14O2S/c1-11(14-2)5-3-9-10(4-6-11)13-8-7-12-9/h3-6H,7-8H2,1-2H3. The highest BCUT2D eigenvalue weighted by Crippen LogP contribution is 2.30. The van der Waals surface area contributed by atoms with Crippen LogP contribution in [0.1, 0.15) is 6.92 Å². The Morgan fingerprint density at radius 1 is 1.14 bits per heavy atom. The smallest absolute Gasteiger partial charge is 0.161 e. The first kappa shape index (κ1) is 9.71. The summed E-state index contributed by atoms with van der Waals surface area (Å²) in [6, 6.07) is 0. The molecular weight excluding hydrogens is 196 g/mol. The first-order chi connectivity index (χ1) is 6.73. The molecule has 1 aliphatic heterocycles. The summed E-state index contributed by atoms with van der Waals surface area (Å²) in [7, 11) is 0. The van der Waals surface area contributed by atoms with Gasteiger partial charge >= 0.3 is 0 Å². The molecule has 14 heavy (non-hydrogen) atoms. The fourth-order valence-electron chi connectivity index (χ4n) is 1.38. The van der Waals surface area contributed by atoms with Crippen LogP contribution >= 0.6 is 11.8 Å². The van der Waals surface area contributed by atoms with Crippen LogP contribution in [0.2, 0.25) is 0 Å². The zero-order valence-corrected chi connectivity index (χ0v) is 9.26. The second kappa shape index (κ2) is 3.73. The SMILES string of the molecule is CSC1(C)C=CC2=C(C=C1)OCCO2. The highest BCUT2D eigenvalue weighted by Gasteiger charge is 2.21. The fraction of sp³-hybridized carbons (Fsp3) is 0.455. The molecular formula is C11H14O2S. The van der Waals surface area contributed by atoms with Gasteiger partial charge in [0, 0.05) is 4.75 Å². The topological polar surface area (TPSA) is 18.5 Å². The number of thioether (sulfide) groups is 1. The van der Waals surface area contributed by atoms with Gasteiger partial charge in [0.05, 0.1) is 0 Å². The largest absolute Gasteiger partial charge is 0.486 e. The van der Waals surface area contributed by atoms with Gasteiger partial charge in [-0.25, -0.2) is 0 Å². The summed E-state index contributed by atoms with van der Waals surface area (Å²) < 4.78 is 11.1. The Morgan fingerprint density at radius 2 is 1.64 bits per heavy atom. The molecule has 0 fully saturated rings. The molecule has 0 aromatic carbocycles. The van der Waals surface area contributed by atoms with Gasteiger partial charge in [-0.15, -0.1) is 0 Å². The summed E-state index contributed by atoms with van der Waals surface area (Å²) in [4.78, 5) is 0. The molecule has 2 rings (SSSR count). The maximum atomic E-state index is 5.51. The Hall–Kier alpha value is -0.830. The van der Waals surface area contributed by atoms with Crippen LogP contribution in [0.5, 0.6) is 0 Å². The monoisotopic (exact) mass is 210 g/mol. The van der Waals surface area contributed by atoms with Crippen molar-refractivity contribution in [2.24, 2.45) is 0 Å². The van der Waals surface area contributed by atoms with Crippen molar-refractivity contribution in [1.29, 1.82) is 0 Å².